The van der Waals surface area contributed by atoms with E-state index in [4.69, 9.17) is 14.7 Å². The molecule has 0 amide bonds. The number of rotatable bonds is 5. The van der Waals surface area contributed by atoms with E-state index >= 15 is 0 Å². The molecule has 0 bridgehead atoms. The molecule has 1 rings (SSSR count). The van der Waals surface area contributed by atoms with E-state index in [1.165, 1.54) is 0 Å². The Kier molecular flexibility index (Phi) is 6.58. The number of nitriles is 1. The predicted octanol–water partition coefficient (Wildman–Crippen LogP) is 2.50. The van der Waals surface area contributed by atoms with Crippen molar-refractivity contribution >= 4 is 0 Å². The van der Waals surface area contributed by atoms with Gasteiger partial charge in [0.05, 0.1) is 12.5 Å². The van der Waals surface area contributed by atoms with Crippen molar-refractivity contribution in [1.82, 2.24) is 0 Å². The van der Waals surface area contributed by atoms with E-state index in [1.807, 2.05) is 38.1 Å². The molecular weight excluding hydrogens is 226 g/mol. The lowest BCUT2D eigenvalue weighted by Gasteiger charge is -2.09. The molecule has 94 valence electrons. The first-order chi connectivity index (χ1) is 8.81. The van der Waals surface area contributed by atoms with Gasteiger partial charge in [-0.05, 0) is 31.4 Å². The third-order valence-corrected chi connectivity index (χ3v) is 2.25. The average molecular weight is 243 g/mol. The van der Waals surface area contributed by atoms with E-state index in [-0.39, 0.29) is 0 Å². The number of nitrogens with zero attached hydrogens (tertiary/aromatic N) is 1. The Hall–Kier alpha value is -1.81. The van der Waals surface area contributed by atoms with Gasteiger partial charge in [-0.2, -0.15) is 5.26 Å². The molecule has 0 aliphatic rings. The highest BCUT2D eigenvalue weighted by Crippen LogP contribution is 2.08. The van der Waals surface area contributed by atoms with Crippen LogP contribution in [0.5, 0.6) is 0 Å². The van der Waals surface area contributed by atoms with Crippen LogP contribution in [-0.4, -0.2) is 19.5 Å². The Bertz CT molecular complexity index is 459. The fourth-order valence-corrected chi connectivity index (χ4v) is 1.45. The quantitative estimate of drug-likeness (QED) is 0.589. The van der Waals surface area contributed by atoms with Gasteiger partial charge in [0, 0.05) is 18.8 Å². The van der Waals surface area contributed by atoms with Gasteiger partial charge in [-0.25, -0.2) is 0 Å². The highest BCUT2D eigenvalue weighted by Gasteiger charge is 2.03. The Labute approximate surface area is 108 Å². The van der Waals surface area contributed by atoms with Crippen LogP contribution in [0.3, 0.4) is 0 Å². The van der Waals surface area contributed by atoms with Crippen molar-refractivity contribution in [2.24, 2.45) is 0 Å². The van der Waals surface area contributed by atoms with Crippen molar-refractivity contribution in [3.05, 3.63) is 35.4 Å². The van der Waals surface area contributed by atoms with Gasteiger partial charge in [-0.1, -0.05) is 24.1 Å². The third kappa shape index (κ3) is 4.59. The van der Waals surface area contributed by atoms with Crippen LogP contribution in [0.1, 0.15) is 25.0 Å². The molecule has 1 aromatic rings. The Morgan fingerprint density at radius 1 is 1.17 bits per heavy atom. The number of ether oxygens (including phenoxy) is 2. The van der Waals surface area contributed by atoms with Crippen LogP contribution in [0.25, 0.3) is 0 Å². The van der Waals surface area contributed by atoms with Crippen molar-refractivity contribution in [2.75, 3.05) is 13.2 Å². The molecule has 0 radical (unpaired) electrons. The molecule has 0 atom stereocenters. The molecule has 0 aromatic heterocycles. The Morgan fingerprint density at radius 3 is 2.44 bits per heavy atom. The van der Waals surface area contributed by atoms with Crippen LogP contribution in [0.15, 0.2) is 24.3 Å². The van der Waals surface area contributed by atoms with E-state index in [0.29, 0.717) is 19.6 Å². The highest BCUT2D eigenvalue weighted by molar-refractivity contribution is 5.42. The normalized spacial score (nSPS) is 9.67. The standard InChI is InChI=1S/C15H17NO2/c1-3-17-15(18-4-2)10-9-13-7-5-6-8-14(13)11-12-16/h5-8,15H,3-4,11H2,1-2H3. The van der Waals surface area contributed by atoms with E-state index < -0.39 is 6.29 Å². The minimum absolute atomic E-state index is 0.360. The third-order valence-electron chi connectivity index (χ3n) is 2.25. The van der Waals surface area contributed by atoms with Crippen molar-refractivity contribution in [1.29, 1.82) is 5.26 Å². The molecule has 0 fully saturated rings. The van der Waals surface area contributed by atoms with Gasteiger partial charge in [0.1, 0.15) is 0 Å². The van der Waals surface area contributed by atoms with Crippen molar-refractivity contribution in [3.63, 3.8) is 0 Å². The lowest BCUT2D eigenvalue weighted by molar-refractivity contribution is -0.0969. The van der Waals surface area contributed by atoms with Crippen LogP contribution >= 0.6 is 0 Å². The average Bonchev–Trinajstić information content (AvgIpc) is 2.38. The number of hydrogen-bond acceptors (Lipinski definition) is 3. The molecule has 0 aliphatic heterocycles. The van der Waals surface area contributed by atoms with Gasteiger partial charge in [-0.15, -0.1) is 0 Å². The van der Waals surface area contributed by atoms with Gasteiger partial charge < -0.3 is 9.47 Å². The molecule has 18 heavy (non-hydrogen) atoms. The molecule has 0 heterocycles. The molecule has 0 unspecified atom stereocenters. The second-order valence-corrected chi connectivity index (χ2v) is 3.50. The summed E-state index contributed by atoms with van der Waals surface area (Å²) in [6.45, 7) is 4.91. The monoisotopic (exact) mass is 243 g/mol. The predicted molar refractivity (Wildman–Crippen MR) is 69.7 cm³/mol. The molecule has 3 heteroatoms. The summed E-state index contributed by atoms with van der Waals surface area (Å²) in [4.78, 5) is 0. The lowest BCUT2D eigenvalue weighted by atomic mass is 10.1. The zero-order chi connectivity index (χ0) is 13.2. The first-order valence-corrected chi connectivity index (χ1v) is 6.01. The van der Waals surface area contributed by atoms with Crippen LogP contribution < -0.4 is 0 Å². The first-order valence-electron chi connectivity index (χ1n) is 6.01. The van der Waals surface area contributed by atoms with Gasteiger partial charge in [-0.3, -0.25) is 0 Å². The van der Waals surface area contributed by atoms with E-state index in [9.17, 15) is 0 Å². The molecule has 0 aliphatic carbocycles. The number of hydrogen-bond donors (Lipinski definition) is 0. The Balaban J connectivity index is 2.85. The molecule has 3 nitrogen and oxygen atoms in total. The molecule has 0 spiro atoms. The zero-order valence-corrected chi connectivity index (χ0v) is 10.8. The highest BCUT2D eigenvalue weighted by atomic mass is 16.7. The molecule has 0 saturated carbocycles. The van der Waals surface area contributed by atoms with Crippen LogP contribution in [0.2, 0.25) is 0 Å². The minimum Gasteiger partial charge on any atom is -0.342 e. The summed E-state index contributed by atoms with van der Waals surface area (Å²) in [7, 11) is 0. The van der Waals surface area contributed by atoms with Gasteiger partial charge in [0.2, 0.25) is 6.29 Å². The molecule has 0 saturated heterocycles. The van der Waals surface area contributed by atoms with Gasteiger partial charge in [0.25, 0.3) is 0 Å². The SMILES string of the molecule is CCOC(C#Cc1ccccc1CC#N)OCC. The fraction of sp³-hybridized carbons (Fsp3) is 0.400. The van der Waals surface area contributed by atoms with E-state index in [1.54, 1.807) is 0 Å². The maximum absolute atomic E-state index is 8.74. The van der Waals surface area contributed by atoms with E-state index in [0.717, 1.165) is 11.1 Å². The van der Waals surface area contributed by atoms with Crippen LogP contribution in [-0.2, 0) is 15.9 Å². The topological polar surface area (TPSA) is 42.2 Å². The van der Waals surface area contributed by atoms with E-state index in [2.05, 4.69) is 17.9 Å². The van der Waals surface area contributed by atoms with Crippen LogP contribution in [0, 0.1) is 23.2 Å². The summed E-state index contributed by atoms with van der Waals surface area (Å²) >= 11 is 0. The summed E-state index contributed by atoms with van der Waals surface area (Å²) in [6, 6.07) is 9.74. The zero-order valence-electron chi connectivity index (χ0n) is 10.8. The molecular formula is C15H17NO2. The summed E-state index contributed by atoms with van der Waals surface area (Å²) in [5, 5.41) is 8.74. The minimum atomic E-state index is -0.504. The number of benzene rings is 1. The summed E-state index contributed by atoms with van der Waals surface area (Å²) in [6.07, 6.45) is -0.145. The van der Waals surface area contributed by atoms with Crippen LogP contribution in [0.4, 0.5) is 0 Å². The van der Waals surface area contributed by atoms with Crippen molar-refractivity contribution in [3.8, 4) is 17.9 Å². The van der Waals surface area contributed by atoms with Crippen molar-refractivity contribution < 1.29 is 9.47 Å². The second-order valence-electron chi connectivity index (χ2n) is 3.50. The van der Waals surface area contributed by atoms with Gasteiger partial charge >= 0.3 is 0 Å². The largest absolute Gasteiger partial charge is 0.342 e. The smallest absolute Gasteiger partial charge is 0.222 e. The fourth-order valence-electron chi connectivity index (χ4n) is 1.45. The lowest BCUT2D eigenvalue weighted by Crippen LogP contribution is -2.14. The summed E-state index contributed by atoms with van der Waals surface area (Å²) in [5.74, 6) is 5.95. The maximum atomic E-state index is 8.74. The maximum Gasteiger partial charge on any atom is 0.222 e. The van der Waals surface area contributed by atoms with Crippen molar-refractivity contribution in [2.45, 2.75) is 26.6 Å². The Morgan fingerprint density at radius 2 is 1.83 bits per heavy atom. The summed E-state index contributed by atoms with van der Waals surface area (Å²) < 4.78 is 10.7. The first kappa shape index (κ1) is 14.3. The molecule has 0 N–H and O–H groups in total. The molecule has 1 aromatic carbocycles. The second kappa shape index (κ2) is 8.31. The summed E-state index contributed by atoms with van der Waals surface area (Å²) in [5.41, 5.74) is 1.78. The van der Waals surface area contributed by atoms with Gasteiger partial charge in [0.15, 0.2) is 0 Å².